The number of carbonyl (C=O) groups is 1. The standard InChI is InChI=1S/C11H16O2S/c1-8(7-13-3)6-10(12)11-5-4-9(2)14-11/h4-5,8H,6-7H2,1-3H3. The molecule has 14 heavy (non-hydrogen) atoms. The van der Waals surface area contributed by atoms with Crippen molar-refractivity contribution in [1.82, 2.24) is 0 Å². The number of aryl methyl sites for hydroxylation is 1. The number of hydrogen-bond donors (Lipinski definition) is 0. The molecule has 0 fully saturated rings. The third-order valence-electron chi connectivity index (χ3n) is 2.00. The quantitative estimate of drug-likeness (QED) is 0.701. The number of ketones is 1. The lowest BCUT2D eigenvalue weighted by atomic mass is 10.1. The summed E-state index contributed by atoms with van der Waals surface area (Å²) in [7, 11) is 1.66. The van der Waals surface area contributed by atoms with Gasteiger partial charge < -0.3 is 4.74 Å². The number of ether oxygens (including phenoxy) is 1. The van der Waals surface area contributed by atoms with Crippen LogP contribution in [0.1, 0.15) is 27.9 Å². The maximum absolute atomic E-state index is 11.7. The van der Waals surface area contributed by atoms with E-state index < -0.39 is 0 Å². The maximum atomic E-state index is 11.7. The van der Waals surface area contributed by atoms with Crippen molar-refractivity contribution in [3.63, 3.8) is 0 Å². The van der Waals surface area contributed by atoms with Gasteiger partial charge in [-0.3, -0.25) is 4.79 Å². The van der Waals surface area contributed by atoms with Gasteiger partial charge in [-0.1, -0.05) is 6.92 Å². The predicted octanol–water partition coefficient (Wildman–Crippen LogP) is 2.91. The molecule has 3 heteroatoms. The lowest BCUT2D eigenvalue weighted by Crippen LogP contribution is -2.09. The van der Waals surface area contributed by atoms with Crippen LogP contribution < -0.4 is 0 Å². The van der Waals surface area contributed by atoms with Crippen LogP contribution in [-0.4, -0.2) is 19.5 Å². The van der Waals surface area contributed by atoms with Crippen LogP contribution in [0.2, 0.25) is 0 Å². The van der Waals surface area contributed by atoms with Crippen LogP contribution in [0.15, 0.2) is 12.1 Å². The Kier molecular flexibility index (Phi) is 4.29. The van der Waals surface area contributed by atoms with Crippen LogP contribution in [0, 0.1) is 12.8 Å². The minimum atomic E-state index is 0.229. The zero-order chi connectivity index (χ0) is 10.6. The number of methoxy groups -OCH3 is 1. The molecule has 0 aliphatic heterocycles. The lowest BCUT2D eigenvalue weighted by Gasteiger charge is -2.07. The largest absolute Gasteiger partial charge is 0.384 e. The number of rotatable bonds is 5. The minimum Gasteiger partial charge on any atom is -0.384 e. The molecule has 0 saturated carbocycles. The molecule has 0 aromatic carbocycles. The van der Waals surface area contributed by atoms with Crippen molar-refractivity contribution in [2.24, 2.45) is 5.92 Å². The summed E-state index contributed by atoms with van der Waals surface area (Å²) in [6, 6.07) is 3.89. The first-order chi connectivity index (χ1) is 6.63. The highest BCUT2D eigenvalue weighted by Gasteiger charge is 2.12. The van der Waals surface area contributed by atoms with Gasteiger partial charge in [-0.05, 0) is 25.0 Å². The predicted molar refractivity (Wildman–Crippen MR) is 59.0 cm³/mol. The zero-order valence-corrected chi connectivity index (χ0v) is 9.69. The summed E-state index contributed by atoms with van der Waals surface area (Å²) >= 11 is 1.57. The topological polar surface area (TPSA) is 26.3 Å². The van der Waals surface area contributed by atoms with Gasteiger partial charge in [0.1, 0.15) is 0 Å². The lowest BCUT2D eigenvalue weighted by molar-refractivity contribution is 0.0924. The first-order valence-corrected chi connectivity index (χ1v) is 5.53. The Morgan fingerprint density at radius 2 is 2.29 bits per heavy atom. The molecule has 1 heterocycles. The molecule has 0 bridgehead atoms. The van der Waals surface area contributed by atoms with Crippen LogP contribution in [0.3, 0.4) is 0 Å². The SMILES string of the molecule is COCC(C)CC(=O)c1ccc(C)s1. The van der Waals surface area contributed by atoms with Crippen molar-refractivity contribution in [2.45, 2.75) is 20.3 Å². The Morgan fingerprint density at radius 3 is 2.79 bits per heavy atom. The van der Waals surface area contributed by atoms with E-state index in [0.29, 0.717) is 18.9 Å². The molecule has 1 unspecified atom stereocenters. The normalized spacial score (nSPS) is 12.8. The summed E-state index contributed by atoms with van der Waals surface area (Å²) in [4.78, 5) is 13.8. The van der Waals surface area contributed by atoms with E-state index in [2.05, 4.69) is 0 Å². The summed E-state index contributed by atoms with van der Waals surface area (Å²) in [6.07, 6.45) is 0.577. The van der Waals surface area contributed by atoms with Gasteiger partial charge in [0.25, 0.3) is 0 Å². The maximum Gasteiger partial charge on any atom is 0.173 e. The Hall–Kier alpha value is -0.670. The molecule has 0 aliphatic rings. The van der Waals surface area contributed by atoms with Crippen molar-refractivity contribution in [3.8, 4) is 0 Å². The van der Waals surface area contributed by atoms with Gasteiger partial charge in [-0.2, -0.15) is 0 Å². The average Bonchev–Trinajstić information content (AvgIpc) is 2.52. The second-order valence-corrected chi connectivity index (χ2v) is 4.89. The highest BCUT2D eigenvalue weighted by Crippen LogP contribution is 2.18. The summed E-state index contributed by atoms with van der Waals surface area (Å²) in [5, 5.41) is 0. The highest BCUT2D eigenvalue weighted by molar-refractivity contribution is 7.14. The molecule has 1 atom stereocenters. The van der Waals surface area contributed by atoms with E-state index in [0.717, 1.165) is 4.88 Å². The number of hydrogen-bond acceptors (Lipinski definition) is 3. The molecule has 78 valence electrons. The number of carbonyl (C=O) groups excluding carboxylic acids is 1. The zero-order valence-electron chi connectivity index (χ0n) is 8.87. The number of thiophene rings is 1. The van der Waals surface area contributed by atoms with Crippen LogP contribution in [0.25, 0.3) is 0 Å². The molecule has 0 spiro atoms. The molecule has 0 radical (unpaired) electrons. The average molecular weight is 212 g/mol. The molecule has 0 aliphatic carbocycles. The molecular formula is C11H16O2S. The molecule has 0 amide bonds. The molecule has 1 aromatic rings. The van der Waals surface area contributed by atoms with Crippen molar-refractivity contribution < 1.29 is 9.53 Å². The van der Waals surface area contributed by atoms with E-state index in [4.69, 9.17) is 4.74 Å². The van der Waals surface area contributed by atoms with Gasteiger partial charge in [-0.25, -0.2) is 0 Å². The Morgan fingerprint density at radius 1 is 1.57 bits per heavy atom. The van der Waals surface area contributed by atoms with E-state index in [-0.39, 0.29) is 5.78 Å². The molecular weight excluding hydrogens is 196 g/mol. The van der Waals surface area contributed by atoms with Crippen molar-refractivity contribution >= 4 is 17.1 Å². The van der Waals surface area contributed by atoms with Gasteiger partial charge in [0.2, 0.25) is 0 Å². The molecule has 0 saturated heterocycles. The fourth-order valence-electron chi connectivity index (χ4n) is 1.34. The van der Waals surface area contributed by atoms with E-state index in [9.17, 15) is 4.79 Å². The second-order valence-electron chi connectivity index (χ2n) is 3.60. The first-order valence-electron chi connectivity index (χ1n) is 4.72. The summed E-state index contributed by atoms with van der Waals surface area (Å²) in [5.41, 5.74) is 0. The Bertz CT molecular complexity index is 304. The molecule has 1 aromatic heterocycles. The van der Waals surface area contributed by atoms with Crippen molar-refractivity contribution in [1.29, 1.82) is 0 Å². The molecule has 0 N–H and O–H groups in total. The van der Waals surface area contributed by atoms with Crippen LogP contribution in [0.4, 0.5) is 0 Å². The highest BCUT2D eigenvalue weighted by atomic mass is 32.1. The van der Waals surface area contributed by atoms with E-state index in [1.54, 1.807) is 18.4 Å². The third-order valence-corrected chi connectivity index (χ3v) is 3.04. The van der Waals surface area contributed by atoms with Gasteiger partial charge in [-0.15, -0.1) is 11.3 Å². The van der Waals surface area contributed by atoms with Crippen LogP contribution in [0.5, 0.6) is 0 Å². The van der Waals surface area contributed by atoms with Gasteiger partial charge >= 0.3 is 0 Å². The fraction of sp³-hybridized carbons (Fsp3) is 0.545. The van der Waals surface area contributed by atoms with Crippen LogP contribution >= 0.6 is 11.3 Å². The van der Waals surface area contributed by atoms with Crippen molar-refractivity contribution in [3.05, 3.63) is 21.9 Å². The van der Waals surface area contributed by atoms with Crippen LogP contribution in [-0.2, 0) is 4.74 Å². The minimum absolute atomic E-state index is 0.229. The van der Waals surface area contributed by atoms with Crippen molar-refractivity contribution in [2.75, 3.05) is 13.7 Å². The van der Waals surface area contributed by atoms with E-state index in [1.165, 1.54) is 4.88 Å². The second kappa shape index (κ2) is 5.27. The molecule has 1 rings (SSSR count). The monoisotopic (exact) mass is 212 g/mol. The van der Waals surface area contributed by atoms with E-state index >= 15 is 0 Å². The fourth-order valence-corrected chi connectivity index (χ4v) is 2.16. The van der Waals surface area contributed by atoms with Gasteiger partial charge in [0.15, 0.2) is 5.78 Å². The van der Waals surface area contributed by atoms with Gasteiger partial charge in [0.05, 0.1) is 4.88 Å². The summed E-state index contributed by atoms with van der Waals surface area (Å²) in [5.74, 6) is 0.530. The summed E-state index contributed by atoms with van der Waals surface area (Å²) in [6.45, 7) is 4.69. The number of Topliss-reactive ketones (excluding diaryl/α,β-unsaturated/α-hetero) is 1. The summed E-state index contributed by atoms with van der Waals surface area (Å²) < 4.78 is 5.00. The Labute approximate surface area is 88.9 Å². The first kappa shape index (κ1) is 11.4. The van der Waals surface area contributed by atoms with E-state index in [1.807, 2.05) is 26.0 Å². The third kappa shape index (κ3) is 3.24. The molecule has 2 nitrogen and oxygen atoms in total. The Balaban J connectivity index is 2.50. The van der Waals surface area contributed by atoms with Gasteiger partial charge in [0, 0.05) is 25.0 Å². The smallest absolute Gasteiger partial charge is 0.173 e.